The second-order valence-electron chi connectivity index (χ2n) is 8.10. The number of rotatable bonds is 8. The highest BCUT2D eigenvalue weighted by atomic mass is 16.5. The zero-order valence-corrected chi connectivity index (χ0v) is 19.2. The van der Waals surface area contributed by atoms with Crippen LogP contribution in [0.25, 0.3) is 11.1 Å². The van der Waals surface area contributed by atoms with E-state index in [9.17, 15) is 19.2 Å². The number of carbonyl (C=O) groups excluding carboxylic acids is 4. The van der Waals surface area contributed by atoms with Gasteiger partial charge in [0.05, 0.1) is 0 Å². The Balaban J connectivity index is 1.31. The number of imide groups is 1. The number of amides is 4. The molecule has 0 bridgehead atoms. The lowest BCUT2D eigenvalue weighted by Crippen LogP contribution is -2.44. The van der Waals surface area contributed by atoms with E-state index >= 15 is 0 Å². The van der Waals surface area contributed by atoms with E-state index in [2.05, 4.69) is 10.6 Å². The predicted molar refractivity (Wildman–Crippen MR) is 130 cm³/mol. The Morgan fingerprint density at radius 2 is 1.49 bits per heavy atom. The first-order chi connectivity index (χ1) is 16.9. The zero-order chi connectivity index (χ0) is 24.8. The number of benzene rings is 3. The molecule has 0 radical (unpaired) electrons. The van der Waals surface area contributed by atoms with Gasteiger partial charge < -0.3 is 15.4 Å². The molecule has 2 N–H and O–H groups in total. The summed E-state index contributed by atoms with van der Waals surface area (Å²) in [6, 6.07) is 25.3. The van der Waals surface area contributed by atoms with Gasteiger partial charge in [-0.2, -0.15) is 0 Å². The van der Waals surface area contributed by atoms with Crippen LogP contribution < -0.4 is 10.6 Å². The minimum absolute atomic E-state index is 0.318. The number of ether oxygens (including phenoxy) is 1. The lowest BCUT2D eigenvalue weighted by molar-refractivity contribution is -0.150. The average Bonchev–Trinajstić information content (AvgIpc) is 3.14. The van der Waals surface area contributed by atoms with Gasteiger partial charge in [0, 0.05) is 5.69 Å². The molecule has 0 aromatic heterocycles. The molecule has 1 saturated heterocycles. The van der Waals surface area contributed by atoms with Crippen LogP contribution in [0.4, 0.5) is 10.5 Å². The number of urea groups is 1. The summed E-state index contributed by atoms with van der Waals surface area (Å²) in [7, 11) is 0. The number of hydrogen-bond donors (Lipinski definition) is 2. The van der Waals surface area contributed by atoms with Crippen LogP contribution in [0.5, 0.6) is 0 Å². The van der Waals surface area contributed by atoms with E-state index in [0.29, 0.717) is 17.7 Å². The van der Waals surface area contributed by atoms with Gasteiger partial charge in [-0.1, -0.05) is 79.7 Å². The first-order valence-electron chi connectivity index (χ1n) is 11.2. The Labute approximate surface area is 202 Å². The van der Waals surface area contributed by atoms with E-state index in [1.807, 2.05) is 48.5 Å². The fraction of sp³-hybridized carbons (Fsp3) is 0.185. The summed E-state index contributed by atoms with van der Waals surface area (Å²) in [6.45, 7) is 0.655. The molecule has 8 heteroatoms. The topological polar surface area (TPSA) is 105 Å². The third kappa shape index (κ3) is 5.06. The maximum absolute atomic E-state index is 13.1. The van der Waals surface area contributed by atoms with Gasteiger partial charge in [0.1, 0.15) is 12.1 Å². The third-order valence-electron chi connectivity index (χ3n) is 5.90. The SMILES string of the molecule is CCC1(c2ccccc2)NC(=O)N(CC(=O)OCC(=O)Nc2ccc(-c3ccccc3)cc2)C1=O. The Morgan fingerprint density at radius 1 is 0.886 bits per heavy atom. The molecule has 1 heterocycles. The van der Waals surface area contributed by atoms with Crippen LogP contribution in [0.2, 0.25) is 0 Å². The van der Waals surface area contributed by atoms with E-state index in [-0.39, 0.29) is 0 Å². The van der Waals surface area contributed by atoms with Crippen molar-refractivity contribution >= 4 is 29.5 Å². The van der Waals surface area contributed by atoms with Crippen LogP contribution in [0.1, 0.15) is 18.9 Å². The van der Waals surface area contributed by atoms with Crippen molar-refractivity contribution in [2.45, 2.75) is 18.9 Å². The number of esters is 1. The quantitative estimate of drug-likeness (QED) is 0.385. The molecule has 8 nitrogen and oxygen atoms in total. The van der Waals surface area contributed by atoms with Crippen molar-refractivity contribution in [3.05, 3.63) is 90.5 Å². The van der Waals surface area contributed by atoms with E-state index in [0.717, 1.165) is 16.0 Å². The monoisotopic (exact) mass is 471 g/mol. The molecule has 3 aromatic carbocycles. The van der Waals surface area contributed by atoms with Crippen molar-refractivity contribution in [3.63, 3.8) is 0 Å². The van der Waals surface area contributed by atoms with Crippen LogP contribution in [-0.2, 0) is 24.7 Å². The lowest BCUT2D eigenvalue weighted by Gasteiger charge is -2.25. The smallest absolute Gasteiger partial charge is 0.326 e. The fourth-order valence-electron chi connectivity index (χ4n) is 4.03. The highest BCUT2D eigenvalue weighted by molar-refractivity contribution is 6.09. The maximum atomic E-state index is 13.1. The summed E-state index contributed by atoms with van der Waals surface area (Å²) in [5, 5.41) is 5.36. The van der Waals surface area contributed by atoms with Crippen molar-refractivity contribution in [3.8, 4) is 11.1 Å². The van der Waals surface area contributed by atoms with E-state index in [1.54, 1.807) is 43.3 Å². The molecule has 0 spiro atoms. The minimum Gasteiger partial charge on any atom is -0.454 e. The van der Waals surface area contributed by atoms with Gasteiger partial charge in [-0.15, -0.1) is 0 Å². The third-order valence-corrected chi connectivity index (χ3v) is 5.90. The van der Waals surface area contributed by atoms with Gasteiger partial charge in [0.2, 0.25) is 0 Å². The average molecular weight is 472 g/mol. The second kappa shape index (κ2) is 10.2. The normalized spacial score (nSPS) is 17.1. The highest BCUT2D eigenvalue weighted by Crippen LogP contribution is 2.32. The molecule has 0 aliphatic carbocycles. The zero-order valence-electron chi connectivity index (χ0n) is 19.2. The second-order valence-corrected chi connectivity index (χ2v) is 8.10. The summed E-state index contributed by atoms with van der Waals surface area (Å²) in [6.07, 6.45) is 0.318. The van der Waals surface area contributed by atoms with Gasteiger partial charge in [-0.3, -0.25) is 19.3 Å². The molecule has 1 fully saturated rings. The van der Waals surface area contributed by atoms with Crippen LogP contribution in [0.15, 0.2) is 84.9 Å². The number of carbonyl (C=O) groups is 4. The van der Waals surface area contributed by atoms with Crippen molar-refractivity contribution in [1.82, 2.24) is 10.2 Å². The van der Waals surface area contributed by atoms with Crippen molar-refractivity contribution in [2.24, 2.45) is 0 Å². The summed E-state index contributed by atoms with van der Waals surface area (Å²) in [4.78, 5) is 50.9. The fourth-order valence-corrected chi connectivity index (χ4v) is 4.03. The Kier molecular flexibility index (Phi) is 6.91. The van der Waals surface area contributed by atoms with Gasteiger partial charge in [-0.25, -0.2) is 4.79 Å². The molecule has 0 saturated carbocycles. The highest BCUT2D eigenvalue weighted by Gasteiger charge is 2.51. The molecule has 3 aromatic rings. The number of nitrogens with zero attached hydrogens (tertiary/aromatic N) is 1. The molecular weight excluding hydrogens is 446 g/mol. The largest absolute Gasteiger partial charge is 0.454 e. The van der Waals surface area contributed by atoms with Crippen LogP contribution in [0.3, 0.4) is 0 Å². The Morgan fingerprint density at radius 3 is 2.11 bits per heavy atom. The van der Waals surface area contributed by atoms with Crippen molar-refractivity contribution < 1.29 is 23.9 Å². The molecule has 35 heavy (non-hydrogen) atoms. The van der Waals surface area contributed by atoms with E-state index in [4.69, 9.17) is 4.74 Å². The molecule has 4 amide bonds. The van der Waals surface area contributed by atoms with Crippen LogP contribution in [0, 0.1) is 0 Å². The van der Waals surface area contributed by atoms with Gasteiger partial charge in [-0.05, 0) is 35.2 Å². The Hall–Kier alpha value is -4.46. The first-order valence-corrected chi connectivity index (χ1v) is 11.2. The Bertz CT molecular complexity index is 1230. The molecular formula is C27H25N3O5. The summed E-state index contributed by atoms with van der Waals surface area (Å²) in [5.74, 6) is -1.92. The van der Waals surface area contributed by atoms with Crippen LogP contribution in [-0.4, -0.2) is 41.9 Å². The van der Waals surface area contributed by atoms with Gasteiger partial charge >= 0.3 is 12.0 Å². The molecule has 178 valence electrons. The number of anilines is 1. The summed E-state index contributed by atoms with van der Waals surface area (Å²) < 4.78 is 5.01. The standard InChI is InChI=1S/C27H25N3O5/c1-2-27(21-11-7-4-8-12-21)25(33)30(26(34)29-27)17-24(32)35-18-23(31)28-22-15-13-20(14-16-22)19-9-5-3-6-10-19/h3-16H,2,17-18H2,1H3,(H,28,31)(H,29,34). The summed E-state index contributed by atoms with van der Waals surface area (Å²) >= 11 is 0. The number of nitrogens with one attached hydrogen (secondary N) is 2. The number of hydrogen-bond acceptors (Lipinski definition) is 5. The van der Waals surface area contributed by atoms with E-state index in [1.165, 1.54) is 0 Å². The molecule has 1 unspecified atom stereocenters. The summed E-state index contributed by atoms with van der Waals surface area (Å²) in [5.41, 5.74) is 2.01. The van der Waals surface area contributed by atoms with Crippen molar-refractivity contribution in [2.75, 3.05) is 18.5 Å². The maximum Gasteiger partial charge on any atom is 0.326 e. The molecule has 1 aliphatic rings. The van der Waals surface area contributed by atoms with Gasteiger partial charge in [0.25, 0.3) is 11.8 Å². The lowest BCUT2D eigenvalue weighted by atomic mass is 9.87. The van der Waals surface area contributed by atoms with Crippen molar-refractivity contribution in [1.29, 1.82) is 0 Å². The molecule has 4 rings (SSSR count). The molecule has 1 atom stereocenters. The molecule has 1 aliphatic heterocycles. The minimum atomic E-state index is -1.23. The predicted octanol–water partition coefficient (Wildman–Crippen LogP) is 3.69. The first kappa shape index (κ1) is 23.7. The van der Waals surface area contributed by atoms with Gasteiger partial charge in [0.15, 0.2) is 6.61 Å². The van der Waals surface area contributed by atoms with Crippen LogP contribution >= 0.6 is 0 Å². The van der Waals surface area contributed by atoms with E-state index < -0.39 is 42.5 Å².